The molecule has 0 unspecified atom stereocenters. The molecule has 3 aromatic rings. The van der Waals surface area contributed by atoms with E-state index in [1.54, 1.807) is 11.3 Å². The lowest BCUT2D eigenvalue weighted by atomic mass is 10.1. The largest absolute Gasteiger partial charge is 0.246 e. The van der Waals surface area contributed by atoms with E-state index >= 15 is 0 Å². The van der Waals surface area contributed by atoms with Crippen molar-refractivity contribution in [3.8, 4) is 0 Å². The highest BCUT2D eigenvalue weighted by atomic mass is 32.1. The van der Waals surface area contributed by atoms with Crippen LogP contribution in [0.15, 0.2) is 42.5 Å². The SMILES string of the molecule is NN(N)c1cccc2sc3ccccc3c12. The van der Waals surface area contributed by atoms with E-state index in [0.717, 1.165) is 11.1 Å². The minimum atomic E-state index is 0.856. The number of nitrogens with two attached hydrogens (primary N) is 2. The summed E-state index contributed by atoms with van der Waals surface area (Å²) in [5.41, 5.74) is 0.856. The fraction of sp³-hybridized carbons (Fsp3) is 0. The van der Waals surface area contributed by atoms with Crippen LogP contribution in [0, 0.1) is 0 Å². The molecule has 0 fully saturated rings. The fourth-order valence-electron chi connectivity index (χ4n) is 1.97. The van der Waals surface area contributed by atoms with Crippen molar-refractivity contribution < 1.29 is 0 Å². The van der Waals surface area contributed by atoms with Gasteiger partial charge in [-0.05, 0) is 18.2 Å². The first-order chi connectivity index (χ1) is 7.77. The molecule has 4 heteroatoms. The highest BCUT2D eigenvalue weighted by Gasteiger charge is 2.09. The summed E-state index contributed by atoms with van der Waals surface area (Å²) in [4.78, 5) is 0. The Hall–Kier alpha value is -1.62. The molecule has 0 spiro atoms. The maximum atomic E-state index is 5.65. The molecule has 80 valence electrons. The minimum absolute atomic E-state index is 0.856. The lowest BCUT2D eigenvalue weighted by Gasteiger charge is -2.12. The average molecular weight is 229 g/mol. The van der Waals surface area contributed by atoms with E-state index in [4.69, 9.17) is 11.7 Å². The summed E-state index contributed by atoms with van der Waals surface area (Å²) in [6, 6.07) is 14.3. The summed E-state index contributed by atoms with van der Waals surface area (Å²) in [5.74, 6) is 11.3. The van der Waals surface area contributed by atoms with Crippen LogP contribution in [0.5, 0.6) is 0 Å². The van der Waals surface area contributed by atoms with E-state index in [1.165, 1.54) is 19.9 Å². The molecule has 3 nitrogen and oxygen atoms in total. The van der Waals surface area contributed by atoms with Crippen molar-refractivity contribution in [2.75, 3.05) is 5.12 Å². The number of fused-ring (bicyclic) bond motifs is 3. The van der Waals surface area contributed by atoms with Crippen LogP contribution < -0.4 is 16.8 Å². The van der Waals surface area contributed by atoms with Gasteiger partial charge in [-0.25, -0.2) is 16.8 Å². The molecule has 0 saturated carbocycles. The van der Waals surface area contributed by atoms with Crippen molar-refractivity contribution in [3.05, 3.63) is 42.5 Å². The van der Waals surface area contributed by atoms with E-state index in [1.807, 2.05) is 24.3 Å². The number of hydrogen-bond donors (Lipinski definition) is 2. The molecule has 0 aliphatic carbocycles. The third-order valence-corrected chi connectivity index (χ3v) is 3.79. The van der Waals surface area contributed by atoms with Gasteiger partial charge in [0.1, 0.15) is 0 Å². The Balaban J connectivity index is 2.53. The Kier molecular flexibility index (Phi) is 2.07. The fourth-order valence-corrected chi connectivity index (χ4v) is 3.10. The molecule has 1 aromatic heterocycles. The van der Waals surface area contributed by atoms with Crippen LogP contribution in [0.4, 0.5) is 5.69 Å². The van der Waals surface area contributed by atoms with E-state index in [2.05, 4.69) is 18.2 Å². The van der Waals surface area contributed by atoms with Crippen LogP contribution in [-0.4, -0.2) is 0 Å². The highest BCUT2D eigenvalue weighted by Crippen LogP contribution is 2.38. The number of hydrazine groups is 2. The molecule has 0 radical (unpaired) electrons. The predicted octanol–water partition coefficient (Wildman–Crippen LogP) is 2.61. The molecule has 0 bridgehead atoms. The normalized spacial score (nSPS) is 11.1. The van der Waals surface area contributed by atoms with Gasteiger partial charge in [-0.3, -0.25) is 0 Å². The summed E-state index contributed by atoms with van der Waals surface area (Å²) >= 11 is 1.76. The standard InChI is InChI=1S/C12H11N3S/c13-15(14)9-5-3-7-11-12(9)8-4-1-2-6-10(8)16-11/h1-7H,13-14H2. The quantitative estimate of drug-likeness (QED) is 0.498. The second-order valence-corrected chi connectivity index (χ2v) is 4.74. The second-order valence-electron chi connectivity index (χ2n) is 3.66. The Bertz CT molecular complexity index is 657. The molecule has 3 rings (SSSR count). The van der Waals surface area contributed by atoms with Crippen LogP contribution in [0.25, 0.3) is 20.2 Å². The van der Waals surface area contributed by atoms with Crippen LogP contribution in [0.2, 0.25) is 0 Å². The number of benzene rings is 2. The van der Waals surface area contributed by atoms with Gasteiger partial charge in [0.15, 0.2) is 0 Å². The Morgan fingerprint density at radius 1 is 0.875 bits per heavy atom. The van der Waals surface area contributed by atoms with Crippen molar-refractivity contribution in [2.24, 2.45) is 11.7 Å². The van der Waals surface area contributed by atoms with Gasteiger partial charge in [-0.15, -0.1) is 11.3 Å². The first kappa shape index (κ1) is 9.59. The molecule has 0 aliphatic heterocycles. The lowest BCUT2D eigenvalue weighted by molar-refractivity contribution is 0.932. The molecule has 0 amide bonds. The average Bonchev–Trinajstić information content (AvgIpc) is 2.66. The van der Waals surface area contributed by atoms with Crippen molar-refractivity contribution in [2.45, 2.75) is 0 Å². The zero-order valence-corrected chi connectivity index (χ0v) is 9.37. The molecule has 1 heterocycles. The van der Waals surface area contributed by atoms with Gasteiger partial charge in [0.25, 0.3) is 0 Å². The van der Waals surface area contributed by atoms with E-state index in [-0.39, 0.29) is 0 Å². The summed E-state index contributed by atoms with van der Waals surface area (Å²) in [5, 5.41) is 3.52. The van der Waals surface area contributed by atoms with E-state index < -0.39 is 0 Å². The van der Waals surface area contributed by atoms with Crippen molar-refractivity contribution >= 4 is 37.2 Å². The van der Waals surface area contributed by atoms with Crippen molar-refractivity contribution in [3.63, 3.8) is 0 Å². The lowest BCUT2D eigenvalue weighted by Crippen LogP contribution is -2.37. The Morgan fingerprint density at radius 3 is 2.44 bits per heavy atom. The van der Waals surface area contributed by atoms with E-state index in [9.17, 15) is 0 Å². The smallest absolute Gasteiger partial charge is 0.0790 e. The first-order valence-corrected chi connectivity index (χ1v) is 5.79. The van der Waals surface area contributed by atoms with Crippen LogP contribution in [0.3, 0.4) is 0 Å². The van der Waals surface area contributed by atoms with Gasteiger partial charge < -0.3 is 0 Å². The second kappa shape index (κ2) is 3.45. The Labute approximate surface area is 96.8 Å². The minimum Gasteiger partial charge on any atom is -0.246 e. The molecule has 2 aromatic carbocycles. The zero-order chi connectivity index (χ0) is 11.1. The van der Waals surface area contributed by atoms with Gasteiger partial charge in [-0.2, -0.15) is 0 Å². The molecular formula is C12H11N3S. The van der Waals surface area contributed by atoms with Gasteiger partial charge in [-0.1, -0.05) is 24.3 Å². The van der Waals surface area contributed by atoms with Gasteiger partial charge in [0, 0.05) is 20.2 Å². The predicted molar refractivity (Wildman–Crippen MR) is 70.2 cm³/mol. The van der Waals surface area contributed by atoms with Crippen LogP contribution in [-0.2, 0) is 0 Å². The molecule has 4 N–H and O–H groups in total. The summed E-state index contributed by atoms with van der Waals surface area (Å²) in [7, 11) is 0. The molecule has 0 aliphatic rings. The first-order valence-electron chi connectivity index (χ1n) is 4.97. The Morgan fingerprint density at radius 2 is 1.62 bits per heavy atom. The third-order valence-electron chi connectivity index (χ3n) is 2.66. The zero-order valence-electron chi connectivity index (χ0n) is 8.55. The summed E-state index contributed by atoms with van der Waals surface area (Å²) in [6.45, 7) is 0. The maximum absolute atomic E-state index is 5.65. The number of hydrogen-bond acceptors (Lipinski definition) is 4. The number of anilines is 1. The van der Waals surface area contributed by atoms with Gasteiger partial charge in [0.2, 0.25) is 0 Å². The highest BCUT2D eigenvalue weighted by molar-refractivity contribution is 7.25. The maximum Gasteiger partial charge on any atom is 0.0790 e. The summed E-state index contributed by atoms with van der Waals surface area (Å²) in [6.07, 6.45) is 0. The van der Waals surface area contributed by atoms with E-state index in [0.29, 0.717) is 0 Å². The number of thiophene rings is 1. The topological polar surface area (TPSA) is 55.3 Å². The van der Waals surface area contributed by atoms with Crippen LogP contribution >= 0.6 is 11.3 Å². The van der Waals surface area contributed by atoms with Crippen LogP contribution in [0.1, 0.15) is 0 Å². The molecular weight excluding hydrogens is 218 g/mol. The molecule has 16 heavy (non-hydrogen) atoms. The van der Waals surface area contributed by atoms with Crippen molar-refractivity contribution in [1.82, 2.24) is 0 Å². The van der Waals surface area contributed by atoms with Crippen molar-refractivity contribution in [1.29, 1.82) is 0 Å². The third kappa shape index (κ3) is 1.28. The van der Waals surface area contributed by atoms with Gasteiger partial charge in [0.05, 0.1) is 5.69 Å². The monoisotopic (exact) mass is 229 g/mol. The number of nitrogens with zero attached hydrogens (tertiary/aromatic N) is 1. The van der Waals surface area contributed by atoms with Gasteiger partial charge >= 0.3 is 0 Å². The summed E-state index contributed by atoms with van der Waals surface area (Å²) < 4.78 is 2.46. The molecule has 0 atom stereocenters. The molecule has 0 saturated heterocycles. The number of rotatable bonds is 1.